The number of nitrogens with zero attached hydrogens (tertiary/aromatic N) is 2. The van der Waals surface area contributed by atoms with E-state index < -0.39 is 0 Å². The molecule has 1 aliphatic heterocycles. The predicted octanol–water partition coefficient (Wildman–Crippen LogP) is 1.97. The summed E-state index contributed by atoms with van der Waals surface area (Å²) in [4.78, 5) is 2.18. The molecule has 1 aromatic carbocycles. The maximum atomic E-state index is 9.29. The van der Waals surface area contributed by atoms with E-state index in [0.29, 0.717) is 6.61 Å². The number of hydrogen-bond donors (Lipinski definition) is 0. The Bertz CT molecular complexity index is 371. The van der Waals surface area contributed by atoms with Gasteiger partial charge in [-0.25, -0.2) is 0 Å². The third-order valence-electron chi connectivity index (χ3n) is 2.88. The molecule has 16 heavy (non-hydrogen) atoms. The van der Waals surface area contributed by atoms with Gasteiger partial charge in [0.05, 0.1) is 18.8 Å². The van der Waals surface area contributed by atoms with Crippen molar-refractivity contribution in [3.63, 3.8) is 0 Å². The minimum Gasteiger partial charge on any atom is -0.376 e. The van der Waals surface area contributed by atoms with Crippen LogP contribution in [0.25, 0.3) is 0 Å². The van der Waals surface area contributed by atoms with Gasteiger partial charge in [-0.1, -0.05) is 30.3 Å². The highest BCUT2D eigenvalue weighted by Crippen LogP contribution is 2.21. The summed E-state index contributed by atoms with van der Waals surface area (Å²) in [7, 11) is 0. The summed E-state index contributed by atoms with van der Waals surface area (Å²) in [6.45, 7) is 4.42. The standard InChI is InChI=1S/C13H16N2O/c1-11-10-15(7-8-16-11)13(9-14)12-5-3-2-4-6-12/h2-6,11,13H,7-8,10H2,1H3/t11-,13+/m1/s1. The summed E-state index contributed by atoms with van der Waals surface area (Å²) >= 11 is 0. The Kier molecular flexibility index (Phi) is 3.55. The lowest BCUT2D eigenvalue weighted by Gasteiger charge is -2.34. The number of benzene rings is 1. The first-order valence-electron chi connectivity index (χ1n) is 5.61. The highest BCUT2D eigenvalue weighted by Gasteiger charge is 2.24. The Balaban J connectivity index is 2.14. The SMILES string of the molecule is C[C@@H]1CN([C@@H](C#N)c2ccccc2)CCO1. The fraction of sp³-hybridized carbons (Fsp3) is 0.462. The molecule has 0 spiro atoms. The van der Waals surface area contributed by atoms with Crippen molar-refractivity contribution in [3.8, 4) is 6.07 Å². The summed E-state index contributed by atoms with van der Waals surface area (Å²) in [5.74, 6) is 0. The molecule has 84 valence electrons. The van der Waals surface area contributed by atoms with E-state index in [-0.39, 0.29) is 12.1 Å². The zero-order valence-corrected chi connectivity index (χ0v) is 9.47. The van der Waals surface area contributed by atoms with Gasteiger partial charge < -0.3 is 4.74 Å². The van der Waals surface area contributed by atoms with E-state index in [1.807, 2.05) is 37.3 Å². The average molecular weight is 216 g/mol. The van der Waals surface area contributed by atoms with Crippen molar-refractivity contribution in [2.45, 2.75) is 19.1 Å². The molecule has 0 amide bonds. The lowest BCUT2D eigenvalue weighted by molar-refractivity contribution is -0.0269. The maximum Gasteiger partial charge on any atom is 0.124 e. The number of morpholine rings is 1. The summed E-state index contributed by atoms with van der Waals surface area (Å²) < 4.78 is 5.49. The van der Waals surface area contributed by atoms with E-state index in [4.69, 9.17) is 4.74 Å². The van der Waals surface area contributed by atoms with Crippen molar-refractivity contribution in [1.29, 1.82) is 5.26 Å². The van der Waals surface area contributed by atoms with Gasteiger partial charge in [-0.3, -0.25) is 4.90 Å². The number of rotatable bonds is 2. The molecule has 1 aromatic rings. The van der Waals surface area contributed by atoms with E-state index in [1.54, 1.807) is 0 Å². The fourth-order valence-electron chi connectivity index (χ4n) is 2.08. The molecule has 3 nitrogen and oxygen atoms in total. The average Bonchev–Trinajstić information content (AvgIpc) is 2.31. The van der Waals surface area contributed by atoms with E-state index >= 15 is 0 Å². The van der Waals surface area contributed by atoms with Crippen LogP contribution in [0.2, 0.25) is 0 Å². The van der Waals surface area contributed by atoms with Crippen LogP contribution in [0.3, 0.4) is 0 Å². The Morgan fingerprint density at radius 3 is 2.81 bits per heavy atom. The van der Waals surface area contributed by atoms with Gasteiger partial charge in [0, 0.05) is 13.1 Å². The first-order chi connectivity index (χ1) is 7.81. The zero-order valence-electron chi connectivity index (χ0n) is 9.47. The fourth-order valence-corrected chi connectivity index (χ4v) is 2.08. The van der Waals surface area contributed by atoms with Gasteiger partial charge in [-0.15, -0.1) is 0 Å². The Hall–Kier alpha value is -1.37. The van der Waals surface area contributed by atoms with Crippen LogP contribution in [0.5, 0.6) is 0 Å². The normalized spacial score (nSPS) is 23.6. The predicted molar refractivity (Wildman–Crippen MR) is 61.8 cm³/mol. The summed E-state index contributed by atoms with van der Waals surface area (Å²) in [6.07, 6.45) is 0.216. The van der Waals surface area contributed by atoms with Gasteiger partial charge in [0.15, 0.2) is 0 Å². The zero-order chi connectivity index (χ0) is 11.4. The second-order valence-electron chi connectivity index (χ2n) is 4.12. The number of nitriles is 1. The monoisotopic (exact) mass is 216 g/mol. The molecule has 1 aliphatic rings. The topological polar surface area (TPSA) is 36.3 Å². The molecular formula is C13H16N2O. The number of hydrogen-bond acceptors (Lipinski definition) is 3. The smallest absolute Gasteiger partial charge is 0.124 e. The van der Waals surface area contributed by atoms with Gasteiger partial charge in [0.2, 0.25) is 0 Å². The van der Waals surface area contributed by atoms with Crippen molar-refractivity contribution in [2.24, 2.45) is 0 Å². The van der Waals surface area contributed by atoms with Crippen molar-refractivity contribution in [1.82, 2.24) is 4.90 Å². The van der Waals surface area contributed by atoms with Crippen LogP contribution >= 0.6 is 0 Å². The van der Waals surface area contributed by atoms with Crippen molar-refractivity contribution in [3.05, 3.63) is 35.9 Å². The van der Waals surface area contributed by atoms with E-state index in [9.17, 15) is 5.26 Å². The second-order valence-corrected chi connectivity index (χ2v) is 4.12. The van der Waals surface area contributed by atoms with Crippen LogP contribution < -0.4 is 0 Å². The first kappa shape index (κ1) is 11.1. The second kappa shape index (κ2) is 5.11. The summed E-state index contributed by atoms with van der Waals surface area (Å²) in [6, 6.07) is 12.2. The third kappa shape index (κ3) is 2.41. The molecule has 1 heterocycles. The van der Waals surface area contributed by atoms with E-state index in [2.05, 4.69) is 11.0 Å². The van der Waals surface area contributed by atoms with Gasteiger partial charge in [-0.2, -0.15) is 5.26 Å². The Morgan fingerprint density at radius 2 is 2.19 bits per heavy atom. The molecular weight excluding hydrogens is 200 g/mol. The lowest BCUT2D eigenvalue weighted by atomic mass is 10.1. The van der Waals surface area contributed by atoms with Crippen LogP contribution in [0, 0.1) is 11.3 Å². The lowest BCUT2D eigenvalue weighted by Crippen LogP contribution is -2.42. The van der Waals surface area contributed by atoms with Crippen molar-refractivity contribution >= 4 is 0 Å². The van der Waals surface area contributed by atoms with Gasteiger partial charge in [0.1, 0.15) is 6.04 Å². The molecule has 0 bridgehead atoms. The largest absolute Gasteiger partial charge is 0.376 e. The molecule has 0 unspecified atom stereocenters. The summed E-state index contributed by atoms with van der Waals surface area (Å²) in [5.41, 5.74) is 1.07. The van der Waals surface area contributed by atoms with Gasteiger partial charge in [-0.05, 0) is 12.5 Å². The van der Waals surface area contributed by atoms with E-state index in [0.717, 1.165) is 18.7 Å². The van der Waals surface area contributed by atoms with Crippen LogP contribution in [0.4, 0.5) is 0 Å². The molecule has 0 saturated carbocycles. The third-order valence-corrected chi connectivity index (χ3v) is 2.88. The Morgan fingerprint density at radius 1 is 1.44 bits per heavy atom. The summed E-state index contributed by atoms with van der Waals surface area (Å²) in [5, 5.41) is 9.29. The molecule has 0 aliphatic carbocycles. The molecule has 2 atom stereocenters. The van der Waals surface area contributed by atoms with Crippen molar-refractivity contribution < 1.29 is 4.74 Å². The van der Waals surface area contributed by atoms with Gasteiger partial charge in [0.25, 0.3) is 0 Å². The Labute approximate surface area is 96.2 Å². The molecule has 2 rings (SSSR count). The molecule has 0 radical (unpaired) electrons. The molecule has 0 aromatic heterocycles. The molecule has 1 fully saturated rings. The number of ether oxygens (including phenoxy) is 1. The van der Waals surface area contributed by atoms with Crippen LogP contribution in [0.15, 0.2) is 30.3 Å². The minimum atomic E-state index is -0.146. The molecule has 1 saturated heterocycles. The van der Waals surface area contributed by atoms with Crippen LogP contribution in [-0.2, 0) is 4.74 Å². The van der Waals surface area contributed by atoms with Gasteiger partial charge >= 0.3 is 0 Å². The van der Waals surface area contributed by atoms with Crippen molar-refractivity contribution in [2.75, 3.05) is 19.7 Å². The first-order valence-corrected chi connectivity index (χ1v) is 5.61. The highest BCUT2D eigenvalue weighted by atomic mass is 16.5. The highest BCUT2D eigenvalue weighted by molar-refractivity contribution is 5.24. The van der Waals surface area contributed by atoms with E-state index in [1.165, 1.54) is 0 Å². The quantitative estimate of drug-likeness (QED) is 0.758. The maximum absolute atomic E-state index is 9.29. The van der Waals surface area contributed by atoms with Crippen LogP contribution in [0.1, 0.15) is 18.5 Å². The molecule has 0 N–H and O–H groups in total. The minimum absolute atomic E-state index is 0.146. The molecule has 3 heteroatoms. The van der Waals surface area contributed by atoms with Crippen LogP contribution in [-0.4, -0.2) is 30.7 Å².